The minimum Gasteiger partial charge on any atom is -0.460 e. The minimum atomic E-state index is -0.0389. The van der Waals surface area contributed by atoms with Crippen molar-refractivity contribution in [1.29, 1.82) is 0 Å². The molecular weight excluding hydrogens is 444 g/mol. The lowest BCUT2D eigenvalue weighted by Gasteiger charge is -2.27. The van der Waals surface area contributed by atoms with Gasteiger partial charge in [0, 0.05) is 36.1 Å². The van der Waals surface area contributed by atoms with Crippen molar-refractivity contribution in [3.63, 3.8) is 0 Å². The predicted molar refractivity (Wildman–Crippen MR) is 120 cm³/mol. The van der Waals surface area contributed by atoms with E-state index >= 15 is 0 Å². The van der Waals surface area contributed by atoms with E-state index in [4.69, 9.17) is 9.40 Å². The van der Waals surface area contributed by atoms with E-state index < -0.39 is 0 Å². The highest BCUT2D eigenvalue weighted by atomic mass is 79.9. The van der Waals surface area contributed by atoms with Crippen LogP contribution in [0.2, 0.25) is 0 Å². The van der Waals surface area contributed by atoms with Crippen LogP contribution in [0.15, 0.2) is 55.1 Å². The third kappa shape index (κ3) is 4.04. The largest absolute Gasteiger partial charge is 0.460 e. The maximum Gasteiger partial charge on any atom is 0.255 e. The number of nitrogens with zero attached hydrogens (tertiary/aromatic N) is 3. The highest BCUT2D eigenvalue weighted by Gasteiger charge is 2.23. The summed E-state index contributed by atoms with van der Waals surface area (Å²) < 4.78 is 7.10. The molecule has 4 heterocycles. The molecule has 0 saturated heterocycles. The van der Waals surface area contributed by atoms with Gasteiger partial charge in [-0.25, -0.2) is 4.98 Å². The first-order valence-electron chi connectivity index (χ1n) is 10.4. The number of aromatic amines is 1. The van der Waals surface area contributed by atoms with E-state index in [1.165, 1.54) is 0 Å². The number of hydrogen-bond acceptors (Lipinski definition) is 5. The smallest absolute Gasteiger partial charge is 0.255 e. The van der Waals surface area contributed by atoms with Gasteiger partial charge in [-0.05, 0) is 43.5 Å². The molecule has 1 N–H and O–H groups in total. The van der Waals surface area contributed by atoms with Gasteiger partial charge in [-0.1, -0.05) is 28.1 Å². The summed E-state index contributed by atoms with van der Waals surface area (Å²) in [7, 11) is 0. The Hall–Kier alpha value is -2.51. The number of aromatic nitrogens is 2. The Balaban J connectivity index is 1.31. The molecule has 5 rings (SSSR count). The van der Waals surface area contributed by atoms with E-state index in [-0.39, 0.29) is 5.56 Å². The molecule has 30 heavy (non-hydrogen) atoms. The lowest BCUT2D eigenvalue weighted by molar-refractivity contribution is 0.223. The minimum absolute atomic E-state index is 0.0389. The number of furan rings is 1. The average molecular weight is 467 g/mol. The van der Waals surface area contributed by atoms with Crippen LogP contribution >= 0.6 is 15.9 Å². The van der Waals surface area contributed by atoms with Gasteiger partial charge in [0.25, 0.3) is 5.56 Å². The van der Waals surface area contributed by atoms with Crippen LogP contribution in [0, 0.1) is 0 Å². The summed E-state index contributed by atoms with van der Waals surface area (Å²) in [6.45, 7) is 2.93. The summed E-state index contributed by atoms with van der Waals surface area (Å²) in [5, 5.41) is 0. The van der Waals surface area contributed by atoms with Crippen molar-refractivity contribution in [3.8, 4) is 11.3 Å². The van der Waals surface area contributed by atoms with Gasteiger partial charge in [-0.2, -0.15) is 0 Å². The normalized spacial score (nSPS) is 16.9. The zero-order valence-corrected chi connectivity index (χ0v) is 18.2. The van der Waals surface area contributed by atoms with Gasteiger partial charge in [-0.3, -0.25) is 14.7 Å². The Labute approximate surface area is 183 Å². The molecule has 0 unspecified atom stereocenters. The highest BCUT2D eigenvalue weighted by Crippen LogP contribution is 2.25. The van der Waals surface area contributed by atoms with Gasteiger partial charge >= 0.3 is 0 Å². The summed E-state index contributed by atoms with van der Waals surface area (Å²) in [5.41, 5.74) is 3.63. The molecule has 0 amide bonds. The molecule has 2 aliphatic rings. The van der Waals surface area contributed by atoms with Crippen molar-refractivity contribution in [2.75, 3.05) is 13.1 Å². The van der Waals surface area contributed by atoms with Crippen LogP contribution in [0.25, 0.3) is 11.3 Å². The second-order valence-corrected chi connectivity index (χ2v) is 8.77. The molecule has 0 saturated carbocycles. The van der Waals surface area contributed by atoms with Crippen LogP contribution in [-0.4, -0.2) is 33.7 Å². The summed E-state index contributed by atoms with van der Waals surface area (Å²) >= 11 is 3.46. The average Bonchev–Trinajstić information content (AvgIpc) is 3.23. The molecule has 0 aliphatic carbocycles. The van der Waals surface area contributed by atoms with Crippen molar-refractivity contribution in [1.82, 2.24) is 14.9 Å². The summed E-state index contributed by atoms with van der Waals surface area (Å²) in [6, 6.07) is 12.1. The molecule has 2 aromatic heterocycles. The van der Waals surface area contributed by atoms with E-state index in [2.05, 4.69) is 30.8 Å². The Kier molecular flexibility index (Phi) is 5.39. The third-order valence-electron chi connectivity index (χ3n) is 5.72. The fraction of sp³-hybridized carbons (Fsp3) is 0.348. The SMILES string of the molecule is O=c1[nH]c(C2=NCCCC2)nc2c1CN(Cc1ccc(-c3ccc(Br)cc3)o1)CC2. The van der Waals surface area contributed by atoms with E-state index in [0.717, 1.165) is 77.3 Å². The number of nitrogens with one attached hydrogen (secondary N) is 1. The molecule has 0 radical (unpaired) electrons. The second-order valence-electron chi connectivity index (χ2n) is 7.86. The van der Waals surface area contributed by atoms with E-state index in [1.54, 1.807) is 0 Å². The molecule has 0 spiro atoms. The number of rotatable bonds is 4. The standard InChI is InChI=1S/C23H23BrN4O2/c24-16-6-4-15(5-7-16)21-9-8-17(30-21)13-28-12-10-19-18(14-28)23(29)27-22(26-19)20-3-1-2-11-25-20/h4-9H,1-3,10-14H2,(H,26,27,29). The van der Waals surface area contributed by atoms with Crippen molar-refractivity contribution in [2.45, 2.75) is 38.8 Å². The van der Waals surface area contributed by atoms with E-state index in [0.29, 0.717) is 18.9 Å². The molecule has 2 aliphatic heterocycles. The first-order valence-corrected chi connectivity index (χ1v) is 11.2. The van der Waals surface area contributed by atoms with Gasteiger partial charge in [0.1, 0.15) is 11.5 Å². The lowest BCUT2D eigenvalue weighted by atomic mass is 10.1. The molecule has 0 fully saturated rings. The third-order valence-corrected chi connectivity index (χ3v) is 6.24. The first kappa shape index (κ1) is 19.5. The van der Waals surface area contributed by atoms with Gasteiger partial charge in [0.2, 0.25) is 0 Å². The first-order chi connectivity index (χ1) is 14.7. The maximum absolute atomic E-state index is 12.7. The van der Waals surface area contributed by atoms with Crippen LogP contribution < -0.4 is 5.56 Å². The van der Waals surface area contributed by atoms with E-state index in [1.807, 2.05) is 36.4 Å². The molecular formula is C23H23BrN4O2. The van der Waals surface area contributed by atoms with Crippen LogP contribution in [-0.2, 0) is 19.5 Å². The van der Waals surface area contributed by atoms with Crippen molar-refractivity contribution < 1.29 is 4.42 Å². The summed E-state index contributed by atoms with van der Waals surface area (Å²) in [4.78, 5) is 27.2. The maximum atomic E-state index is 12.7. The van der Waals surface area contributed by atoms with Crippen LogP contribution in [0.5, 0.6) is 0 Å². The molecule has 0 bridgehead atoms. The van der Waals surface area contributed by atoms with E-state index in [9.17, 15) is 4.79 Å². The van der Waals surface area contributed by atoms with Crippen LogP contribution in [0.3, 0.4) is 0 Å². The fourth-order valence-corrected chi connectivity index (χ4v) is 4.36. The molecule has 154 valence electrons. The Bertz CT molecular complexity index is 1150. The number of hydrogen-bond donors (Lipinski definition) is 1. The lowest BCUT2D eigenvalue weighted by Crippen LogP contribution is -2.36. The number of halogens is 1. The molecule has 1 aromatic carbocycles. The van der Waals surface area contributed by atoms with Crippen molar-refractivity contribution >= 4 is 21.6 Å². The summed E-state index contributed by atoms with van der Waals surface area (Å²) in [6.07, 6.45) is 3.88. The van der Waals surface area contributed by atoms with Gasteiger partial charge in [0.15, 0.2) is 5.82 Å². The second kappa shape index (κ2) is 8.32. The zero-order valence-electron chi connectivity index (χ0n) is 16.7. The predicted octanol–water partition coefficient (Wildman–Crippen LogP) is 4.32. The number of aliphatic imine (C=N–C) groups is 1. The van der Waals surface area contributed by atoms with Crippen molar-refractivity contribution in [3.05, 3.63) is 74.1 Å². The zero-order chi connectivity index (χ0) is 20.5. The Morgan fingerprint density at radius 2 is 1.97 bits per heavy atom. The van der Waals surface area contributed by atoms with Crippen LogP contribution in [0.4, 0.5) is 0 Å². The number of benzene rings is 1. The monoisotopic (exact) mass is 466 g/mol. The number of fused-ring (bicyclic) bond motifs is 1. The topological polar surface area (TPSA) is 74.5 Å². The Morgan fingerprint density at radius 1 is 1.10 bits per heavy atom. The summed E-state index contributed by atoms with van der Waals surface area (Å²) in [5.74, 6) is 2.42. The number of H-pyrrole nitrogens is 1. The van der Waals surface area contributed by atoms with Gasteiger partial charge in [0.05, 0.1) is 23.5 Å². The Morgan fingerprint density at radius 3 is 2.77 bits per heavy atom. The molecule has 3 aromatic rings. The van der Waals surface area contributed by atoms with Crippen LogP contribution in [0.1, 0.15) is 42.1 Å². The van der Waals surface area contributed by atoms with Gasteiger partial charge < -0.3 is 9.40 Å². The highest BCUT2D eigenvalue weighted by molar-refractivity contribution is 9.10. The van der Waals surface area contributed by atoms with Crippen molar-refractivity contribution in [2.24, 2.45) is 4.99 Å². The quantitative estimate of drug-likeness (QED) is 0.620. The fourth-order valence-electron chi connectivity index (χ4n) is 4.10. The molecule has 6 nitrogen and oxygen atoms in total. The molecule has 0 atom stereocenters. The van der Waals surface area contributed by atoms with Gasteiger partial charge in [-0.15, -0.1) is 0 Å². The molecule has 7 heteroatoms.